The van der Waals surface area contributed by atoms with Crippen LogP contribution in [0.5, 0.6) is 11.6 Å². The molecule has 0 aliphatic heterocycles. The lowest BCUT2D eigenvalue weighted by Gasteiger charge is -2.26. The van der Waals surface area contributed by atoms with Gasteiger partial charge in [-0.3, -0.25) is 4.90 Å². The van der Waals surface area contributed by atoms with Crippen LogP contribution in [0.25, 0.3) is 5.69 Å². The van der Waals surface area contributed by atoms with Crippen molar-refractivity contribution in [1.82, 2.24) is 14.7 Å². The SMILES string of the molecule is Cc1cccc(Oc2c(CN(CC(C)C)CC(C)O)c(C)nn2-c2ccccc2)c1. The number of aliphatic hydroxyl groups excluding tert-OH is 1. The Morgan fingerprint density at radius 1 is 1.00 bits per heavy atom. The van der Waals surface area contributed by atoms with Crippen LogP contribution in [0.2, 0.25) is 0 Å². The van der Waals surface area contributed by atoms with Crippen molar-refractivity contribution in [3.63, 3.8) is 0 Å². The van der Waals surface area contributed by atoms with E-state index in [4.69, 9.17) is 9.84 Å². The van der Waals surface area contributed by atoms with Crippen LogP contribution in [0.4, 0.5) is 0 Å². The number of aliphatic hydroxyl groups is 1. The summed E-state index contributed by atoms with van der Waals surface area (Å²) < 4.78 is 8.30. The van der Waals surface area contributed by atoms with E-state index >= 15 is 0 Å². The van der Waals surface area contributed by atoms with Gasteiger partial charge in [0.1, 0.15) is 5.75 Å². The third-order valence-corrected chi connectivity index (χ3v) is 4.87. The number of aromatic nitrogens is 2. The summed E-state index contributed by atoms with van der Waals surface area (Å²) in [4.78, 5) is 2.28. The van der Waals surface area contributed by atoms with Crippen molar-refractivity contribution in [2.45, 2.75) is 47.3 Å². The molecule has 0 saturated carbocycles. The van der Waals surface area contributed by atoms with Crippen LogP contribution in [-0.2, 0) is 6.54 Å². The summed E-state index contributed by atoms with van der Waals surface area (Å²) in [5.41, 5.74) is 4.08. The van der Waals surface area contributed by atoms with Crippen LogP contribution < -0.4 is 4.74 Å². The topological polar surface area (TPSA) is 50.5 Å². The maximum Gasteiger partial charge on any atom is 0.227 e. The van der Waals surface area contributed by atoms with Crippen molar-refractivity contribution < 1.29 is 9.84 Å². The summed E-state index contributed by atoms with van der Waals surface area (Å²) in [6.45, 7) is 12.5. The molecule has 160 valence electrons. The quantitative estimate of drug-likeness (QED) is 0.535. The normalized spacial score (nSPS) is 12.5. The summed E-state index contributed by atoms with van der Waals surface area (Å²) in [6.07, 6.45) is -0.394. The van der Waals surface area contributed by atoms with Gasteiger partial charge in [0.15, 0.2) is 0 Å². The summed E-state index contributed by atoms with van der Waals surface area (Å²) in [5, 5.41) is 14.8. The fourth-order valence-corrected chi connectivity index (χ4v) is 3.68. The van der Waals surface area contributed by atoms with Crippen LogP contribution in [0.1, 0.15) is 37.6 Å². The van der Waals surface area contributed by atoms with Gasteiger partial charge in [-0.25, -0.2) is 4.68 Å². The van der Waals surface area contributed by atoms with E-state index < -0.39 is 6.10 Å². The molecule has 0 spiro atoms. The van der Waals surface area contributed by atoms with Crippen LogP contribution in [0, 0.1) is 19.8 Å². The van der Waals surface area contributed by atoms with Gasteiger partial charge in [0.05, 0.1) is 23.0 Å². The zero-order chi connectivity index (χ0) is 21.7. The summed E-state index contributed by atoms with van der Waals surface area (Å²) in [7, 11) is 0. The average molecular weight is 408 g/mol. The van der Waals surface area contributed by atoms with Gasteiger partial charge in [-0.15, -0.1) is 0 Å². The Morgan fingerprint density at radius 2 is 1.73 bits per heavy atom. The molecule has 30 heavy (non-hydrogen) atoms. The molecule has 0 radical (unpaired) electrons. The molecule has 5 heteroatoms. The average Bonchev–Trinajstić information content (AvgIpc) is 2.97. The van der Waals surface area contributed by atoms with Gasteiger partial charge in [0, 0.05) is 19.6 Å². The molecule has 5 nitrogen and oxygen atoms in total. The van der Waals surface area contributed by atoms with Gasteiger partial charge in [0.2, 0.25) is 5.88 Å². The van der Waals surface area contributed by atoms with Crippen LogP contribution >= 0.6 is 0 Å². The second-order valence-corrected chi connectivity index (χ2v) is 8.47. The number of aryl methyl sites for hydroxylation is 2. The molecule has 0 amide bonds. The molecule has 1 aromatic heterocycles. The number of para-hydroxylation sites is 1. The highest BCUT2D eigenvalue weighted by molar-refractivity contribution is 5.43. The highest BCUT2D eigenvalue weighted by Gasteiger charge is 2.22. The number of hydrogen-bond donors (Lipinski definition) is 1. The van der Waals surface area contributed by atoms with Gasteiger partial charge in [-0.2, -0.15) is 5.10 Å². The van der Waals surface area contributed by atoms with E-state index in [9.17, 15) is 5.11 Å². The monoisotopic (exact) mass is 407 g/mol. The van der Waals surface area contributed by atoms with E-state index in [1.807, 2.05) is 67.1 Å². The molecule has 0 fully saturated rings. The highest BCUT2D eigenvalue weighted by atomic mass is 16.5. The Kier molecular flexibility index (Phi) is 7.29. The molecule has 0 aliphatic rings. The number of nitrogens with zero attached hydrogens (tertiary/aromatic N) is 3. The summed E-state index contributed by atoms with van der Waals surface area (Å²) >= 11 is 0. The second-order valence-electron chi connectivity index (χ2n) is 8.47. The van der Waals surface area contributed by atoms with Gasteiger partial charge in [0.25, 0.3) is 0 Å². The molecule has 1 atom stereocenters. The maximum absolute atomic E-state index is 10.0. The predicted octanol–water partition coefficient (Wildman–Crippen LogP) is 5.12. The molecule has 1 heterocycles. The Balaban J connectivity index is 2.03. The van der Waals surface area contributed by atoms with Gasteiger partial charge < -0.3 is 9.84 Å². The van der Waals surface area contributed by atoms with Crippen molar-refractivity contribution in [3.05, 3.63) is 71.4 Å². The van der Waals surface area contributed by atoms with Crippen molar-refractivity contribution in [3.8, 4) is 17.3 Å². The van der Waals surface area contributed by atoms with Gasteiger partial charge >= 0.3 is 0 Å². The predicted molar refractivity (Wildman–Crippen MR) is 121 cm³/mol. The van der Waals surface area contributed by atoms with Crippen molar-refractivity contribution in [2.24, 2.45) is 5.92 Å². The molecule has 2 aromatic carbocycles. The zero-order valence-electron chi connectivity index (χ0n) is 18.7. The Bertz CT molecular complexity index is 938. The first-order valence-corrected chi connectivity index (χ1v) is 10.6. The maximum atomic E-state index is 10.0. The van der Waals surface area contributed by atoms with Gasteiger partial charge in [-0.1, -0.05) is 44.2 Å². The third-order valence-electron chi connectivity index (χ3n) is 4.87. The fraction of sp³-hybridized carbons (Fsp3) is 0.400. The number of rotatable bonds is 9. The largest absolute Gasteiger partial charge is 0.439 e. The number of ether oxygens (including phenoxy) is 1. The summed E-state index contributed by atoms with van der Waals surface area (Å²) in [5.74, 6) is 2.01. The van der Waals surface area contributed by atoms with Crippen molar-refractivity contribution in [1.29, 1.82) is 0 Å². The lowest BCUT2D eigenvalue weighted by Crippen LogP contribution is -2.33. The van der Waals surface area contributed by atoms with E-state index in [2.05, 4.69) is 31.7 Å². The van der Waals surface area contributed by atoms with E-state index in [-0.39, 0.29) is 0 Å². The molecule has 0 saturated heterocycles. The minimum Gasteiger partial charge on any atom is -0.439 e. The van der Waals surface area contributed by atoms with Gasteiger partial charge in [-0.05, 0) is 56.5 Å². The smallest absolute Gasteiger partial charge is 0.227 e. The Labute approximate surface area is 179 Å². The van der Waals surface area contributed by atoms with E-state index in [1.54, 1.807) is 0 Å². The molecule has 3 rings (SSSR count). The second kappa shape index (κ2) is 9.92. The number of hydrogen-bond acceptors (Lipinski definition) is 4. The van der Waals surface area contributed by atoms with E-state index in [0.717, 1.165) is 40.7 Å². The minimum absolute atomic E-state index is 0.394. The van der Waals surface area contributed by atoms with E-state index in [1.165, 1.54) is 0 Å². The lowest BCUT2D eigenvalue weighted by molar-refractivity contribution is 0.114. The summed E-state index contributed by atoms with van der Waals surface area (Å²) in [6, 6.07) is 18.1. The first-order valence-electron chi connectivity index (χ1n) is 10.6. The highest BCUT2D eigenvalue weighted by Crippen LogP contribution is 2.32. The first-order chi connectivity index (χ1) is 14.3. The standard InChI is InChI=1S/C25H33N3O2/c1-18(2)15-27(16-20(4)29)17-24-21(5)26-28(22-11-7-6-8-12-22)25(24)30-23-13-9-10-19(3)14-23/h6-14,18,20,29H,15-17H2,1-5H3. The third kappa shape index (κ3) is 5.71. The minimum atomic E-state index is -0.394. The molecular weight excluding hydrogens is 374 g/mol. The molecule has 0 aliphatic carbocycles. The van der Waals surface area contributed by atoms with Crippen LogP contribution in [-0.4, -0.2) is 39.0 Å². The number of benzene rings is 2. The first kappa shape index (κ1) is 22.1. The molecule has 1 unspecified atom stereocenters. The van der Waals surface area contributed by atoms with Crippen molar-refractivity contribution in [2.75, 3.05) is 13.1 Å². The van der Waals surface area contributed by atoms with Crippen LogP contribution in [0.3, 0.4) is 0 Å². The van der Waals surface area contributed by atoms with Crippen LogP contribution in [0.15, 0.2) is 54.6 Å². The molecule has 0 bridgehead atoms. The Morgan fingerprint density at radius 3 is 2.37 bits per heavy atom. The fourth-order valence-electron chi connectivity index (χ4n) is 3.68. The molecule has 1 N–H and O–H groups in total. The molecular formula is C25H33N3O2. The molecule has 3 aromatic rings. The van der Waals surface area contributed by atoms with Crippen molar-refractivity contribution >= 4 is 0 Å². The van der Waals surface area contributed by atoms with E-state index in [0.29, 0.717) is 19.0 Å². The lowest BCUT2D eigenvalue weighted by atomic mass is 10.1. The Hall–Kier alpha value is -2.63. The zero-order valence-corrected chi connectivity index (χ0v) is 18.7.